The number of furan rings is 1. The summed E-state index contributed by atoms with van der Waals surface area (Å²) < 4.78 is 16.0. The molecular formula is C20H25NO6. The third kappa shape index (κ3) is 5.26. The van der Waals surface area contributed by atoms with E-state index < -0.39 is 5.97 Å². The number of nitrogens with zero attached hydrogens (tertiary/aromatic N) is 1. The first-order valence-corrected chi connectivity index (χ1v) is 8.63. The van der Waals surface area contributed by atoms with Gasteiger partial charge in [-0.3, -0.25) is 4.79 Å². The van der Waals surface area contributed by atoms with Crippen LogP contribution in [0.25, 0.3) is 0 Å². The molecule has 0 spiro atoms. The molecule has 0 aliphatic carbocycles. The highest BCUT2D eigenvalue weighted by atomic mass is 16.5. The predicted molar refractivity (Wildman–Crippen MR) is 99.4 cm³/mol. The molecular weight excluding hydrogens is 350 g/mol. The van der Waals surface area contributed by atoms with E-state index in [2.05, 4.69) is 0 Å². The molecule has 0 bridgehead atoms. The molecule has 2 aromatic rings. The number of aromatic carboxylic acids is 1. The highest BCUT2D eigenvalue weighted by Crippen LogP contribution is 2.26. The van der Waals surface area contributed by atoms with Crippen molar-refractivity contribution < 1.29 is 28.6 Å². The van der Waals surface area contributed by atoms with E-state index in [1.54, 1.807) is 28.2 Å². The molecule has 1 aromatic carbocycles. The number of hydrogen-bond acceptors (Lipinski definition) is 5. The first kappa shape index (κ1) is 20.4. The molecule has 0 atom stereocenters. The third-order valence-electron chi connectivity index (χ3n) is 4.35. The van der Waals surface area contributed by atoms with Crippen LogP contribution < -0.4 is 9.47 Å². The molecule has 0 aliphatic heterocycles. The Kier molecular flexibility index (Phi) is 6.87. The first-order chi connectivity index (χ1) is 12.8. The Labute approximate surface area is 158 Å². The van der Waals surface area contributed by atoms with Gasteiger partial charge in [-0.1, -0.05) is 6.07 Å². The van der Waals surface area contributed by atoms with Crippen molar-refractivity contribution in [3.63, 3.8) is 0 Å². The van der Waals surface area contributed by atoms with E-state index in [0.717, 1.165) is 17.1 Å². The van der Waals surface area contributed by atoms with Crippen molar-refractivity contribution in [2.45, 2.75) is 32.7 Å². The molecule has 0 unspecified atom stereocenters. The van der Waals surface area contributed by atoms with E-state index in [9.17, 15) is 9.59 Å². The van der Waals surface area contributed by atoms with Gasteiger partial charge in [-0.05, 0) is 37.5 Å². The van der Waals surface area contributed by atoms with Crippen LogP contribution in [0, 0.1) is 6.92 Å². The van der Waals surface area contributed by atoms with Crippen LogP contribution in [0.15, 0.2) is 28.7 Å². The lowest BCUT2D eigenvalue weighted by Crippen LogP contribution is -2.25. The second kappa shape index (κ2) is 9.12. The van der Waals surface area contributed by atoms with Gasteiger partial charge in [-0.15, -0.1) is 0 Å². The summed E-state index contributed by atoms with van der Waals surface area (Å²) in [5.41, 5.74) is 1.14. The maximum atomic E-state index is 12.3. The fraction of sp³-hybridized carbons (Fsp3) is 0.400. The van der Waals surface area contributed by atoms with Gasteiger partial charge in [0.1, 0.15) is 28.6 Å². The van der Waals surface area contributed by atoms with Gasteiger partial charge in [0.25, 0.3) is 0 Å². The van der Waals surface area contributed by atoms with Crippen molar-refractivity contribution >= 4 is 11.9 Å². The van der Waals surface area contributed by atoms with Crippen molar-refractivity contribution in [1.82, 2.24) is 4.90 Å². The van der Waals surface area contributed by atoms with Gasteiger partial charge in [0.15, 0.2) is 0 Å². The highest BCUT2D eigenvalue weighted by molar-refractivity contribution is 5.88. The van der Waals surface area contributed by atoms with Crippen molar-refractivity contribution in [2.75, 3.05) is 21.3 Å². The molecule has 0 fully saturated rings. The van der Waals surface area contributed by atoms with Crippen molar-refractivity contribution in [1.29, 1.82) is 0 Å². The van der Waals surface area contributed by atoms with Crippen LogP contribution in [0.1, 0.15) is 40.3 Å². The zero-order chi connectivity index (χ0) is 20.0. The smallest absolute Gasteiger partial charge is 0.339 e. The molecule has 0 saturated carbocycles. The van der Waals surface area contributed by atoms with Gasteiger partial charge >= 0.3 is 5.97 Å². The number of ether oxygens (including phenoxy) is 2. The summed E-state index contributed by atoms with van der Waals surface area (Å²) in [6, 6.07) is 7.09. The summed E-state index contributed by atoms with van der Waals surface area (Å²) in [6.45, 7) is 1.83. The minimum Gasteiger partial charge on any atom is -0.497 e. The summed E-state index contributed by atoms with van der Waals surface area (Å²) >= 11 is 0. The second-order valence-electron chi connectivity index (χ2n) is 6.27. The molecule has 2 rings (SSSR count). The molecule has 1 N–H and O–H groups in total. The predicted octanol–water partition coefficient (Wildman–Crippen LogP) is 3.28. The summed E-state index contributed by atoms with van der Waals surface area (Å²) in [4.78, 5) is 24.9. The topological polar surface area (TPSA) is 89.2 Å². The van der Waals surface area contributed by atoms with Crippen molar-refractivity contribution in [3.8, 4) is 11.5 Å². The van der Waals surface area contributed by atoms with Crippen LogP contribution in [0.2, 0.25) is 0 Å². The highest BCUT2D eigenvalue weighted by Gasteiger charge is 2.17. The number of amides is 1. The molecule has 1 heterocycles. The number of aryl methyl sites for hydroxylation is 2. The largest absolute Gasteiger partial charge is 0.497 e. The van der Waals surface area contributed by atoms with Crippen LogP contribution in [0.3, 0.4) is 0 Å². The van der Waals surface area contributed by atoms with Crippen LogP contribution >= 0.6 is 0 Å². The van der Waals surface area contributed by atoms with E-state index in [-0.39, 0.29) is 18.0 Å². The standard InChI is InChI=1S/C20H25NO6/c1-13-17(20(23)24)10-16(27-13)12-21(2)19(22)7-5-6-14-8-9-15(25-3)11-18(14)26-4/h8-11H,5-7,12H2,1-4H3,(H,23,24). The number of methoxy groups -OCH3 is 2. The lowest BCUT2D eigenvalue weighted by atomic mass is 10.1. The van der Waals surface area contributed by atoms with Crippen molar-refractivity contribution in [3.05, 3.63) is 46.9 Å². The van der Waals surface area contributed by atoms with Crippen LogP contribution in [0.5, 0.6) is 11.5 Å². The number of benzene rings is 1. The number of carbonyl (C=O) groups excluding carboxylic acids is 1. The molecule has 7 nitrogen and oxygen atoms in total. The Morgan fingerprint density at radius 2 is 1.93 bits per heavy atom. The Morgan fingerprint density at radius 1 is 1.19 bits per heavy atom. The molecule has 1 amide bonds. The normalized spacial score (nSPS) is 10.5. The van der Waals surface area contributed by atoms with Gasteiger partial charge in [0.2, 0.25) is 5.91 Å². The fourth-order valence-corrected chi connectivity index (χ4v) is 2.84. The SMILES string of the molecule is COc1ccc(CCCC(=O)N(C)Cc2cc(C(=O)O)c(C)o2)c(OC)c1. The van der Waals surface area contributed by atoms with E-state index in [1.807, 2.05) is 18.2 Å². The molecule has 146 valence electrons. The molecule has 27 heavy (non-hydrogen) atoms. The third-order valence-corrected chi connectivity index (χ3v) is 4.35. The van der Waals surface area contributed by atoms with E-state index in [4.69, 9.17) is 19.0 Å². The van der Waals surface area contributed by atoms with Gasteiger partial charge in [0, 0.05) is 19.5 Å². The number of rotatable bonds is 9. The molecule has 0 radical (unpaired) electrons. The van der Waals surface area contributed by atoms with E-state index in [1.165, 1.54) is 11.0 Å². The molecule has 0 saturated heterocycles. The van der Waals surface area contributed by atoms with Gasteiger partial charge in [-0.2, -0.15) is 0 Å². The average molecular weight is 375 g/mol. The number of carbonyl (C=O) groups is 2. The number of hydrogen-bond donors (Lipinski definition) is 1. The zero-order valence-corrected chi connectivity index (χ0v) is 16.1. The van der Waals surface area contributed by atoms with Crippen LogP contribution in [0.4, 0.5) is 0 Å². The minimum atomic E-state index is -1.04. The first-order valence-electron chi connectivity index (χ1n) is 8.63. The fourth-order valence-electron chi connectivity index (χ4n) is 2.84. The Morgan fingerprint density at radius 3 is 2.52 bits per heavy atom. The average Bonchev–Trinajstić information content (AvgIpc) is 3.02. The van der Waals surface area contributed by atoms with Gasteiger partial charge in [0.05, 0.1) is 20.8 Å². The Bertz CT molecular complexity index is 811. The van der Waals surface area contributed by atoms with Crippen LogP contribution in [-0.4, -0.2) is 43.2 Å². The van der Waals surface area contributed by atoms with Gasteiger partial charge < -0.3 is 23.9 Å². The summed E-state index contributed by atoms with van der Waals surface area (Å²) in [5, 5.41) is 9.06. The van der Waals surface area contributed by atoms with E-state index >= 15 is 0 Å². The number of carboxylic acids is 1. The minimum absolute atomic E-state index is 0.0339. The Hall–Kier alpha value is -2.96. The molecule has 7 heteroatoms. The maximum absolute atomic E-state index is 12.3. The second-order valence-corrected chi connectivity index (χ2v) is 6.27. The summed E-state index contributed by atoms with van der Waals surface area (Å²) in [5.74, 6) is 1.18. The number of carboxylic acid groups (broad SMARTS) is 1. The van der Waals surface area contributed by atoms with Crippen molar-refractivity contribution in [2.24, 2.45) is 0 Å². The summed E-state index contributed by atoms with van der Waals surface area (Å²) in [6.07, 6.45) is 1.75. The summed E-state index contributed by atoms with van der Waals surface area (Å²) in [7, 11) is 4.88. The van der Waals surface area contributed by atoms with E-state index in [0.29, 0.717) is 30.8 Å². The van der Waals surface area contributed by atoms with Crippen LogP contribution in [-0.2, 0) is 17.8 Å². The maximum Gasteiger partial charge on any atom is 0.339 e. The Balaban J connectivity index is 1.88. The molecule has 0 aliphatic rings. The quantitative estimate of drug-likeness (QED) is 0.723. The lowest BCUT2D eigenvalue weighted by molar-refractivity contribution is -0.130. The zero-order valence-electron chi connectivity index (χ0n) is 16.1. The monoisotopic (exact) mass is 375 g/mol. The molecule has 1 aromatic heterocycles. The van der Waals surface area contributed by atoms with Gasteiger partial charge in [-0.25, -0.2) is 4.79 Å². The lowest BCUT2D eigenvalue weighted by Gasteiger charge is -2.16.